The van der Waals surface area contributed by atoms with Crippen molar-refractivity contribution in [2.24, 2.45) is 0 Å². The molecule has 5 nitrogen and oxygen atoms in total. The highest BCUT2D eigenvalue weighted by Gasteiger charge is 2.28. The van der Waals surface area contributed by atoms with E-state index in [0.29, 0.717) is 11.4 Å². The summed E-state index contributed by atoms with van der Waals surface area (Å²) in [4.78, 5) is 0.386. The Balaban J connectivity index is 3.12. The van der Waals surface area contributed by atoms with Crippen LogP contribution in [-0.4, -0.2) is 49.4 Å². The average molecular weight is 334 g/mol. The lowest BCUT2D eigenvalue weighted by molar-refractivity contribution is 0.385. The van der Waals surface area contributed by atoms with E-state index in [4.69, 9.17) is 0 Å². The smallest absolute Gasteiger partial charge is 0.244 e. The minimum absolute atomic E-state index is 0.0303. The summed E-state index contributed by atoms with van der Waals surface area (Å²) in [6, 6.07) is 1.81. The number of rotatable bonds is 9. The Morgan fingerprint density at radius 2 is 2.10 bits per heavy atom. The van der Waals surface area contributed by atoms with Gasteiger partial charge in [0.2, 0.25) is 10.0 Å². The zero-order chi connectivity index (χ0) is 16.0. The number of thioether (sulfide) groups is 1. The van der Waals surface area contributed by atoms with Gasteiger partial charge in [0, 0.05) is 43.8 Å². The molecule has 1 rings (SSSR count). The number of hydrogen-bond acceptors (Lipinski definition) is 4. The predicted octanol–water partition coefficient (Wildman–Crippen LogP) is 1.99. The zero-order valence-electron chi connectivity index (χ0n) is 13.6. The third-order valence-corrected chi connectivity index (χ3v) is 6.27. The molecule has 0 spiro atoms. The molecular weight excluding hydrogens is 306 g/mol. The van der Waals surface area contributed by atoms with Crippen LogP contribution in [0.2, 0.25) is 0 Å². The molecule has 122 valence electrons. The molecule has 0 radical (unpaired) electrons. The molecule has 0 aliphatic carbocycles. The summed E-state index contributed by atoms with van der Waals surface area (Å²) >= 11 is 1.67. The molecule has 21 heavy (non-hydrogen) atoms. The monoisotopic (exact) mass is 333 g/mol. The van der Waals surface area contributed by atoms with Crippen molar-refractivity contribution in [1.82, 2.24) is 14.2 Å². The molecule has 1 atom stereocenters. The second kappa shape index (κ2) is 8.22. The van der Waals surface area contributed by atoms with Crippen molar-refractivity contribution in [3.63, 3.8) is 0 Å². The van der Waals surface area contributed by atoms with Crippen LogP contribution in [0.1, 0.15) is 26.0 Å². The fourth-order valence-corrected chi connectivity index (χ4v) is 4.76. The largest absolute Gasteiger partial charge is 0.349 e. The van der Waals surface area contributed by atoms with Crippen LogP contribution in [-0.2, 0) is 23.1 Å². The second-order valence-electron chi connectivity index (χ2n) is 5.02. The van der Waals surface area contributed by atoms with Crippen LogP contribution >= 0.6 is 11.8 Å². The van der Waals surface area contributed by atoms with Gasteiger partial charge in [0.1, 0.15) is 4.90 Å². The quantitative estimate of drug-likeness (QED) is 0.751. The van der Waals surface area contributed by atoms with E-state index in [1.165, 1.54) is 4.31 Å². The number of hydrogen-bond donors (Lipinski definition) is 1. The van der Waals surface area contributed by atoms with Gasteiger partial charge in [-0.15, -0.1) is 0 Å². The molecule has 1 unspecified atom stereocenters. The SMILES string of the molecule is CCC(CSC)N(C)S(=O)(=O)c1cc(CNC)n(CC)c1. The fourth-order valence-electron chi connectivity index (χ4n) is 2.32. The Kier molecular flexibility index (Phi) is 7.26. The molecule has 0 aromatic carbocycles. The van der Waals surface area contributed by atoms with Gasteiger partial charge < -0.3 is 9.88 Å². The van der Waals surface area contributed by atoms with Crippen molar-refractivity contribution >= 4 is 21.8 Å². The van der Waals surface area contributed by atoms with E-state index in [2.05, 4.69) is 5.32 Å². The van der Waals surface area contributed by atoms with E-state index in [-0.39, 0.29) is 6.04 Å². The highest BCUT2D eigenvalue weighted by atomic mass is 32.2. The van der Waals surface area contributed by atoms with E-state index in [0.717, 1.165) is 24.4 Å². The molecule has 0 aliphatic rings. The van der Waals surface area contributed by atoms with Crippen molar-refractivity contribution in [2.75, 3.05) is 26.1 Å². The molecule has 0 saturated heterocycles. The molecule has 0 amide bonds. The highest BCUT2D eigenvalue weighted by molar-refractivity contribution is 7.98. The topological polar surface area (TPSA) is 54.3 Å². The molecule has 0 fully saturated rings. The van der Waals surface area contributed by atoms with Gasteiger partial charge in [-0.25, -0.2) is 8.42 Å². The van der Waals surface area contributed by atoms with Gasteiger partial charge in [0.25, 0.3) is 0 Å². The summed E-state index contributed by atoms with van der Waals surface area (Å²) in [6.45, 7) is 5.46. The average Bonchev–Trinajstić information content (AvgIpc) is 2.88. The highest BCUT2D eigenvalue weighted by Crippen LogP contribution is 2.22. The Labute approximate surface area is 133 Å². The van der Waals surface area contributed by atoms with Gasteiger partial charge in [0.05, 0.1) is 0 Å². The maximum atomic E-state index is 12.8. The Morgan fingerprint density at radius 1 is 1.43 bits per heavy atom. The van der Waals surface area contributed by atoms with Gasteiger partial charge >= 0.3 is 0 Å². The summed E-state index contributed by atoms with van der Waals surface area (Å²) in [5.74, 6) is 0.810. The van der Waals surface area contributed by atoms with Crippen LogP contribution in [0.3, 0.4) is 0 Å². The standard InChI is InChI=1S/C14H27N3O2S2/c1-6-12(11-20-5)16(4)21(18,19)14-8-13(9-15-3)17(7-2)10-14/h8,10,12,15H,6-7,9,11H2,1-5H3. The van der Waals surface area contributed by atoms with Gasteiger partial charge in [0.15, 0.2) is 0 Å². The summed E-state index contributed by atoms with van der Waals surface area (Å²) in [5, 5.41) is 3.07. The van der Waals surface area contributed by atoms with Crippen LogP contribution in [0.25, 0.3) is 0 Å². The number of nitrogens with one attached hydrogen (secondary N) is 1. The lowest BCUT2D eigenvalue weighted by Crippen LogP contribution is -2.38. The third-order valence-electron chi connectivity index (χ3n) is 3.68. The third kappa shape index (κ3) is 4.25. The van der Waals surface area contributed by atoms with E-state index in [9.17, 15) is 8.42 Å². The van der Waals surface area contributed by atoms with Crippen LogP contribution in [0, 0.1) is 0 Å². The van der Waals surface area contributed by atoms with Gasteiger partial charge in [-0.1, -0.05) is 6.92 Å². The molecule has 1 heterocycles. The first-order valence-electron chi connectivity index (χ1n) is 7.22. The van der Waals surface area contributed by atoms with Crippen molar-refractivity contribution in [3.8, 4) is 0 Å². The Morgan fingerprint density at radius 3 is 2.57 bits per heavy atom. The number of aromatic nitrogens is 1. The molecule has 1 aromatic rings. The number of sulfonamides is 1. The van der Waals surface area contributed by atoms with Gasteiger partial charge in [-0.3, -0.25) is 0 Å². The van der Waals surface area contributed by atoms with Crippen molar-refractivity contribution < 1.29 is 8.42 Å². The number of aryl methyl sites for hydroxylation is 1. The first kappa shape index (κ1) is 18.5. The summed E-state index contributed by atoms with van der Waals surface area (Å²) < 4.78 is 29.0. The van der Waals surface area contributed by atoms with Crippen molar-refractivity contribution in [1.29, 1.82) is 0 Å². The molecule has 0 aliphatic heterocycles. The van der Waals surface area contributed by atoms with E-state index >= 15 is 0 Å². The summed E-state index contributed by atoms with van der Waals surface area (Å²) in [7, 11) is 0.110. The normalized spacial score (nSPS) is 13.8. The minimum atomic E-state index is -3.43. The van der Waals surface area contributed by atoms with Crippen LogP contribution in [0.4, 0.5) is 0 Å². The van der Waals surface area contributed by atoms with Gasteiger partial charge in [-0.2, -0.15) is 16.1 Å². The van der Waals surface area contributed by atoms with Crippen molar-refractivity contribution in [2.45, 2.75) is 44.3 Å². The van der Waals surface area contributed by atoms with E-state index in [1.807, 2.05) is 31.7 Å². The zero-order valence-corrected chi connectivity index (χ0v) is 15.2. The molecule has 1 N–H and O–H groups in total. The maximum absolute atomic E-state index is 12.8. The number of nitrogens with zero attached hydrogens (tertiary/aromatic N) is 2. The molecular formula is C14H27N3O2S2. The second-order valence-corrected chi connectivity index (χ2v) is 7.93. The first-order chi connectivity index (χ1) is 9.92. The van der Waals surface area contributed by atoms with Gasteiger partial charge in [-0.05, 0) is 32.7 Å². The van der Waals surface area contributed by atoms with Crippen LogP contribution in [0.5, 0.6) is 0 Å². The van der Waals surface area contributed by atoms with E-state index < -0.39 is 10.0 Å². The fraction of sp³-hybridized carbons (Fsp3) is 0.714. The van der Waals surface area contributed by atoms with E-state index in [1.54, 1.807) is 31.1 Å². The molecule has 7 heteroatoms. The summed E-state index contributed by atoms with van der Waals surface area (Å²) in [5.41, 5.74) is 0.991. The molecule has 1 aromatic heterocycles. The lowest BCUT2D eigenvalue weighted by atomic mass is 10.3. The van der Waals surface area contributed by atoms with Crippen LogP contribution in [0.15, 0.2) is 17.2 Å². The molecule has 0 bridgehead atoms. The lowest BCUT2D eigenvalue weighted by Gasteiger charge is -2.25. The summed E-state index contributed by atoms with van der Waals surface area (Å²) in [6.07, 6.45) is 4.56. The minimum Gasteiger partial charge on any atom is -0.349 e. The van der Waals surface area contributed by atoms with Crippen molar-refractivity contribution in [3.05, 3.63) is 18.0 Å². The Hall–Kier alpha value is -0.500. The van der Waals surface area contributed by atoms with Crippen LogP contribution < -0.4 is 5.32 Å². The maximum Gasteiger partial charge on any atom is 0.244 e. The first-order valence-corrected chi connectivity index (χ1v) is 10.1. The Bertz CT molecular complexity index is 540. The molecule has 0 saturated carbocycles. The predicted molar refractivity (Wildman–Crippen MR) is 90.3 cm³/mol.